The van der Waals surface area contributed by atoms with Crippen molar-refractivity contribution in [2.45, 2.75) is 6.29 Å². The van der Waals surface area contributed by atoms with Gasteiger partial charge in [-0.05, 0) is 24.3 Å². The molecule has 0 spiro atoms. The molecule has 0 fully saturated rings. The molecule has 5 nitrogen and oxygen atoms in total. The first-order valence-corrected chi connectivity index (χ1v) is 5.43. The van der Waals surface area contributed by atoms with Crippen molar-refractivity contribution in [2.24, 2.45) is 0 Å². The van der Waals surface area contributed by atoms with E-state index >= 15 is 0 Å². The summed E-state index contributed by atoms with van der Waals surface area (Å²) in [5, 5.41) is 18.0. The normalized spacial score (nSPS) is 10.6. The molecule has 0 unspecified atom stereocenters. The fourth-order valence-corrected chi connectivity index (χ4v) is 1.45. The third-order valence-corrected chi connectivity index (χ3v) is 2.38. The van der Waals surface area contributed by atoms with E-state index in [-0.39, 0.29) is 11.5 Å². The molecular weight excluding hydrogens is 253 g/mol. The summed E-state index contributed by atoms with van der Waals surface area (Å²) in [6, 6.07) is 6.80. The first-order chi connectivity index (χ1) is 9.10. The van der Waals surface area contributed by atoms with Crippen molar-refractivity contribution in [3.8, 4) is 17.2 Å². The van der Waals surface area contributed by atoms with Gasteiger partial charge in [0.2, 0.25) is 0 Å². The van der Waals surface area contributed by atoms with E-state index in [2.05, 4.69) is 4.98 Å². The van der Waals surface area contributed by atoms with Gasteiger partial charge < -0.3 is 19.7 Å². The van der Waals surface area contributed by atoms with Gasteiger partial charge in [0, 0.05) is 6.07 Å². The number of hydrogen-bond donors (Lipinski definition) is 2. The maximum Gasteiger partial charge on any atom is 0.196 e. The van der Waals surface area contributed by atoms with E-state index in [0.29, 0.717) is 17.2 Å². The second-order valence-corrected chi connectivity index (χ2v) is 3.69. The van der Waals surface area contributed by atoms with E-state index < -0.39 is 6.29 Å². The largest absolute Gasteiger partial charge is 0.493 e. The number of rotatable bonds is 4. The number of hydrogen-bond acceptors (Lipinski definition) is 5. The lowest BCUT2D eigenvalue weighted by Gasteiger charge is -2.11. The van der Waals surface area contributed by atoms with Gasteiger partial charge in [-0.1, -0.05) is 0 Å². The SMILES string of the molecule is COc1cc(C(O)O)ncc1Oc1ccc(F)cc1. The van der Waals surface area contributed by atoms with Crippen LogP contribution in [0, 0.1) is 5.82 Å². The zero-order chi connectivity index (χ0) is 13.8. The average Bonchev–Trinajstić information content (AvgIpc) is 2.41. The van der Waals surface area contributed by atoms with Crippen molar-refractivity contribution in [1.82, 2.24) is 4.98 Å². The van der Waals surface area contributed by atoms with E-state index in [1.807, 2.05) is 0 Å². The fraction of sp³-hybridized carbons (Fsp3) is 0.154. The van der Waals surface area contributed by atoms with E-state index in [1.165, 1.54) is 43.6 Å². The quantitative estimate of drug-likeness (QED) is 0.827. The van der Waals surface area contributed by atoms with Crippen LogP contribution in [0.1, 0.15) is 12.0 Å². The Morgan fingerprint density at radius 1 is 1.16 bits per heavy atom. The maximum atomic E-state index is 12.8. The number of nitrogens with zero attached hydrogens (tertiary/aromatic N) is 1. The Labute approximate surface area is 108 Å². The Balaban J connectivity index is 2.27. The summed E-state index contributed by atoms with van der Waals surface area (Å²) in [5.41, 5.74) is 0.0447. The van der Waals surface area contributed by atoms with Crippen LogP contribution in [0.5, 0.6) is 17.2 Å². The van der Waals surface area contributed by atoms with Crippen LogP contribution in [0.3, 0.4) is 0 Å². The third-order valence-electron chi connectivity index (χ3n) is 2.38. The van der Waals surface area contributed by atoms with E-state index in [0.717, 1.165) is 0 Å². The average molecular weight is 265 g/mol. The van der Waals surface area contributed by atoms with Crippen LogP contribution in [0.2, 0.25) is 0 Å². The minimum Gasteiger partial charge on any atom is -0.493 e. The van der Waals surface area contributed by atoms with Crippen LogP contribution >= 0.6 is 0 Å². The second kappa shape index (κ2) is 5.64. The van der Waals surface area contributed by atoms with Gasteiger partial charge in [0.15, 0.2) is 17.8 Å². The Morgan fingerprint density at radius 3 is 2.42 bits per heavy atom. The van der Waals surface area contributed by atoms with Crippen molar-refractivity contribution < 1.29 is 24.1 Å². The van der Waals surface area contributed by atoms with Gasteiger partial charge in [0.05, 0.1) is 19.0 Å². The van der Waals surface area contributed by atoms with Crippen LogP contribution in [0.25, 0.3) is 0 Å². The molecule has 2 N–H and O–H groups in total. The van der Waals surface area contributed by atoms with Gasteiger partial charge in [-0.15, -0.1) is 0 Å². The van der Waals surface area contributed by atoms with Gasteiger partial charge >= 0.3 is 0 Å². The molecule has 0 aliphatic carbocycles. The maximum absolute atomic E-state index is 12.8. The summed E-state index contributed by atoms with van der Waals surface area (Å²) < 4.78 is 23.3. The standard InChI is InChI=1S/C13H12FNO4/c1-18-11-6-10(13(16)17)15-7-12(11)19-9-4-2-8(14)3-5-9/h2-7,13,16-17H,1H3. The number of aliphatic hydroxyl groups is 2. The van der Waals surface area contributed by atoms with Gasteiger partial charge in [-0.3, -0.25) is 4.98 Å². The number of aliphatic hydroxyl groups excluding tert-OH is 1. The van der Waals surface area contributed by atoms with Gasteiger partial charge in [-0.2, -0.15) is 0 Å². The molecule has 1 aromatic heterocycles. The monoisotopic (exact) mass is 265 g/mol. The van der Waals surface area contributed by atoms with Crippen LogP contribution < -0.4 is 9.47 Å². The summed E-state index contributed by atoms with van der Waals surface area (Å²) in [5.74, 6) is 0.635. The van der Waals surface area contributed by atoms with E-state index in [9.17, 15) is 4.39 Å². The third kappa shape index (κ3) is 3.18. The molecule has 0 saturated carbocycles. The first-order valence-electron chi connectivity index (χ1n) is 5.43. The summed E-state index contributed by atoms with van der Waals surface area (Å²) in [6.07, 6.45) is -0.384. The van der Waals surface area contributed by atoms with Crippen LogP contribution in [-0.2, 0) is 0 Å². The molecule has 0 amide bonds. The number of methoxy groups -OCH3 is 1. The smallest absolute Gasteiger partial charge is 0.196 e. The van der Waals surface area contributed by atoms with Crippen LogP contribution in [-0.4, -0.2) is 22.3 Å². The summed E-state index contributed by atoms with van der Waals surface area (Å²) in [6.45, 7) is 0. The van der Waals surface area contributed by atoms with Gasteiger partial charge in [-0.25, -0.2) is 4.39 Å². The van der Waals surface area contributed by atoms with Crippen LogP contribution in [0.15, 0.2) is 36.5 Å². The zero-order valence-corrected chi connectivity index (χ0v) is 10.1. The Kier molecular flexibility index (Phi) is 3.94. The fourth-order valence-electron chi connectivity index (χ4n) is 1.45. The molecular formula is C13H12FNO4. The number of ether oxygens (including phenoxy) is 2. The highest BCUT2D eigenvalue weighted by molar-refractivity contribution is 5.42. The number of benzene rings is 1. The molecule has 0 bridgehead atoms. The lowest BCUT2D eigenvalue weighted by Crippen LogP contribution is -2.00. The van der Waals surface area contributed by atoms with E-state index in [4.69, 9.17) is 19.7 Å². The van der Waals surface area contributed by atoms with Crippen molar-refractivity contribution >= 4 is 0 Å². The zero-order valence-electron chi connectivity index (χ0n) is 10.1. The summed E-state index contributed by atoms with van der Waals surface area (Å²) in [4.78, 5) is 3.82. The van der Waals surface area contributed by atoms with Crippen molar-refractivity contribution in [3.05, 3.63) is 48.0 Å². The van der Waals surface area contributed by atoms with Crippen molar-refractivity contribution in [1.29, 1.82) is 0 Å². The van der Waals surface area contributed by atoms with E-state index in [1.54, 1.807) is 0 Å². The van der Waals surface area contributed by atoms with Crippen LogP contribution in [0.4, 0.5) is 4.39 Å². The van der Waals surface area contributed by atoms with Crippen molar-refractivity contribution in [2.75, 3.05) is 7.11 Å². The van der Waals surface area contributed by atoms with Gasteiger partial charge in [0.1, 0.15) is 11.6 Å². The highest BCUT2D eigenvalue weighted by atomic mass is 19.1. The van der Waals surface area contributed by atoms with Crippen molar-refractivity contribution in [3.63, 3.8) is 0 Å². The molecule has 0 atom stereocenters. The molecule has 100 valence electrons. The Bertz CT molecular complexity index is 557. The summed E-state index contributed by atoms with van der Waals surface area (Å²) in [7, 11) is 1.42. The lowest BCUT2D eigenvalue weighted by atomic mass is 10.3. The first kappa shape index (κ1) is 13.3. The predicted octanol–water partition coefficient (Wildman–Crippen LogP) is 2.00. The molecule has 0 aliphatic heterocycles. The van der Waals surface area contributed by atoms with Gasteiger partial charge in [0.25, 0.3) is 0 Å². The minimum atomic E-state index is -1.69. The lowest BCUT2D eigenvalue weighted by molar-refractivity contribution is -0.0460. The number of pyridine rings is 1. The second-order valence-electron chi connectivity index (χ2n) is 3.69. The Hall–Kier alpha value is -2.18. The Morgan fingerprint density at radius 2 is 1.84 bits per heavy atom. The molecule has 2 aromatic rings. The highest BCUT2D eigenvalue weighted by Gasteiger charge is 2.12. The summed E-state index contributed by atoms with van der Waals surface area (Å²) >= 11 is 0. The predicted molar refractivity (Wildman–Crippen MR) is 64.4 cm³/mol. The molecule has 6 heteroatoms. The minimum absolute atomic E-state index is 0.0447. The molecule has 19 heavy (non-hydrogen) atoms. The topological polar surface area (TPSA) is 71.8 Å². The molecule has 1 heterocycles. The number of aromatic nitrogens is 1. The molecule has 1 aromatic carbocycles. The molecule has 0 aliphatic rings. The highest BCUT2D eigenvalue weighted by Crippen LogP contribution is 2.32. The molecule has 0 radical (unpaired) electrons. The molecule has 2 rings (SSSR count). The molecule has 0 saturated heterocycles. The number of halogens is 1.